The lowest BCUT2D eigenvalue weighted by Crippen LogP contribution is -2.44. The topological polar surface area (TPSA) is 102 Å². The van der Waals surface area contributed by atoms with Crippen molar-refractivity contribution in [3.05, 3.63) is 23.2 Å². The van der Waals surface area contributed by atoms with Gasteiger partial charge in [0, 0.05) is 24.0 Å². The summed E-state index contributed by atoms with van der Waals surface area (Å²) in [6, 6.07) is 4.53. The number of amides is 1. The van der Waals surface area contributed by atoms with Gasteiger partial charge in [0.25, 0.3) is 0 Å². The summed E-state index contributed by atoms with van der Waals surface area (Å²) in [4.78, 5) is 11.6. The van der Waals surface area contributed by atoms with Crippen LogP contribution in [0.4, 0.5) is 0 Å². The molecular formula is C14H20ClN3O4S. The van der Waals surface area contributed by atoms with E-state index in [1.165, 1.54) is 10.4 Å². The van der Waals surface area contributed by atoms with Gasteiger partial charge in [0.15, 0.2) is 0 Å². The summed E-state index contributed by atoms with van der Waals surface area (Å²) < 4.78 is 32.4. The normalized spacial score (nSPS) is 17.0. The summed E-state index contributed by atoms with van der Waals surface area (Å²) in [6.07, 6.45) is 0.847. The Labute approximate surface area is 140 Å². The van der Waals surface area contributed by atoms with Gasteiger partial charge in [0.2, 0.25) is 15.9 Å². The molecule has 3 N–H and O–H groups in total. The van der Waals surface area contributed by atoms with Gasteiger partial charge in [0.05, 0.1) is 6.61 Å². The molecule has 23 heavy (non-hydrogen) atoms. The second-order valence-electron chi connectivity index (χ2n) is 5.21. The SMILES string of the molecule is CCOc1ccc(Cl)cc1S(=O)(=O)N1CCC(C(=O)NN)CC1. The molecule has 0 saturated carbocycles. The van der Waals surface area contributed by atoms with E-state index < -0.39 is 10.0 Å². The van der Waals surface area contributed by atoms with Crippen molar-refractivity contribution >= 4 is 27.5 Å². The van der Waals surface area contributed by atoms with Crippen molar-refractivity contribution in [2.24, 2.45) is 11.8 Å². The number of hydrogen-bond donors (Lipinski definition) is 2. The zero-order valence-electron chi connectivity index (χ0n) is 12.8. The average Bonchev–Trinajstić information content (AvgIpc) is 2.56. The van der Waals surface area contributed by atoms with Gasteiger partial charge in [-0.05, 0) is 38.0 Å². The second kappa shape index (κ2) is 7.48. The van der Waals surface area contributed by atoms with Gasteiger partial charge in [-0.2, -0.15) is 4.31 Å². The molecule has 0 aliphatic carbocycles. The smallest absolute Gasteiger partial charge is 0.246 e. The molecule has 0 spiro atoms. The molecular weight excluding hydrogens is 342 g/mol. The van der Waals surface area contributed by atoms with E-state index >= 15 is 0 Å². The zero-order chi connectivity index (χ0) is 17.0. The number of halogens is 1. The monoisotopic (exact) mass is 361 g/mol. The highest BCUT2D eigenvalue weighted by Crippen LogP contribution is 2.32. The first kappa shape index (κ1) is 18.0. The third-order valence-corrected chi connectivity index (χ3v) is 5.95. The van der Waals surface area contributed by atoms with Crippen LogP contribution in [-0.4, -0.2) is 38.3 Å². The van der Waals surface area contributed by atoms with Gasteiger partial charge in [-0.1, -0.05) is 11.6 Å². The molecule has 0 unspecified atom stereocenters. The molecule has 0 bridgehead atoms. The second-order valence-corrected chi connectivity index (χ2v) is 7.55. The zero-order valence-corrected chi connectivity index (χ0v) is 14.4. The number of hydrogen-bond acceptors (Lipinski definition) is 5. The van der Waals surface area contributed by atoms with Crippen LogP contribution in [0.25, 0.3) is 0 Å². The number of carbonyl (C=O) groups excluding carboxylic acids is 1. The average molecular weight is 362 g/mol. The van der Waals surface area contributed by atoms with Crippen LogP contribution >= 0.6 is 11.6 Å². The summed E-state index contributed by atoms with van der Waals surface area (Å²) in [5, 5.41) is 0.324. The molecule has 0 radical (unpaired) electrons. The minimum absolute atomic E-state index is 0.0496. The summed E-state index contributed by atoms with van der Waals surface area (Å²) in [5.74, 6) is 4.87. The van der Waals surface area contributed by atoms with Crippen LogP contribution in [0.2, 0.25) is 5.02 Å². The van der Waals surface area contributed by atoms with Crippen molar-refractivity contribution in [2.75, 3.05) is 19.7 Å². The molecule has 2 rings (SSSR count). The maximum Gasteiger partial charge on any atom is 0.246 e. The first-order chi connectivity index (χ1) is 10.9. The fourth-order valence-corrected chi connectivity index (χ4v) is 4.44. The van der Waals surface area contributed by atoms with Gasteiger partial charge < -0.3 is 4.74 Å². The van der Waals surface area contributed by atoms with Gasteiger partial charge in [-0.15, -0.1) is 0 Å². The van der Waals surface area contributed by atoms with Crippen LogP contribution in [0, 0.1) is 5.92 Å². The molecule has 1 fully saturated rings. The van der Waals surface area contributed by atoms with E-state index in [1.54, 1.807) is 19.1 Å². The van der Waals surface area contributed by atoms with Crippen molar-refractivity contribution in [1.82, 2.24) is 9.73 Å². The Bertz CT molecular complexity index is 673. The third-order valence-electron chi connectivity index (χ3n) is 3.79. The number of carbonyl (C=O) groups is 1. The van der Waals surface area contributed by atoms with Crippen LogP contribution in [0.3, 0.4) is 0 Å². The van der Waals surface area contributed by atoms with Crippen molar-refractivity contribution in [1.29, 1.82) is 0 Å². The van der Waals surface area contributed by atoms with Gasteiger partial charge in [-0.25, -0.2) is 14.3 Å². The fraction of sp³-hybridized carbons (Fsp3) is 0.500. The predicted molar refractivity (Wildman–Crippen MR) is 86.4 cm³/mol. The fourth-order valence-electron chi connectivity index (χ4n) is 2.57. The highest BCUT2D eigenvalue weighted by Gasteiger charge is 2.33. The van der Waals surface area contributed by atoms with E-state index in [2.05, 4.69) is 5.43 Å². The number of nitrogens with zero attached hydrogens (tertiary/aromatic N) is 1. The number of ether oxygens (including phenoxy) is 1. The van der Waals surface area contributed by atoms with Gasteiger partial charge in [0.1, 0.15) is 10.6 Å². The van der Waals surface area contributed by atoms with Gasteiger partial charge >= 0.3 is 0 Å². The van der Waals surface area contributed by atoms with E-state index in [-0.39, 0.29) is 35.6 Å². The van der Waals surface area contributed by atoms with E-state index in [4.69, 9.17) is 22.2 Å². The minimum atomic E-state index is -3.73. The van der Waals surface area contributed by atoms with Gasteiger partial charge in [-0.3, -0.25) is 10.2 Å². The Morgan fingerprint density at radius 2 is 2.09 bits per heavy atom. The lowest BCUT2D eigenvalue weighted by atomic mass is 9.98. The van der Waals surface area contributed by atoms with Crippen molar-refractivity contribution in [3.8, 4) is 5.75 Å². The van der Waals surface area contributed by atoms with Crippen LogP contribution < -0.4 is 16.0 Å². The van der Waals surface area contributed by atoms with Crippen LogP contribution in [0.5, 0.6) is 5.75 Å². The molecule has 0 aromatic heterocycles. The van der Waals surface area contributed by atoms with E-state index in [0.717, 1.165) is 0 Å². The first-order valence-electron chi connectivity index (χ1n) is 7.33. The molecule has 1 aromatic rings. The van der Waals surface area contributed by atoms with Crippen LogP contribution in [0.1, 0.15) is 19.8 Å². The number of rotatable bonds is 5. The quantitative estimate of drug-likeness (QED) is 0.465. The maximum atomic E-state index is 12.8. The molecule has 1 heterocycles. The van der Waals surface area contributed by atoms with Crippen molar-refractivity contribution < 1.29 is 17.9 Å². The Hall–Kier alpha value is -1.35. The number of benzene rings is 1. The number of hydrazine groups is 1. The van der Waals surface area contributed by atoms with E-state index in [1.807, 2.05) is 0 Å². The molecule has 9 heteroatoms. The first-order valence-corrected chi connectivity index (χ1v) is 9.15. The third kappa shape index (κ3) is 3.95. The molecule has 1 saturated heterocycles. The standard InChI is InChI=1S/C14H20ClN3O4S/c1-2-22-12-4-3-11(15)9-13(12)23(20,21)18-7-5-10(6-8-18)14(19)17-16/h3-4,9-10H,2,5-8,16H2,1H3,(H,17,19). The van der Waals surface area contributed by atoms with E-state index in [9.17, 15) is 13.2 Å². The maximum absolute atomic E-state index is 12.8. The Balaban J connectivity index is 2.23. The molecule has 1 amide bonds. The lowest BCUT2D eigenvalue weighted by molar-refractivity contribution is -0.126. The van der Waals surface area contributed by atoms with Crippen LogP contribution in [0.15, 0.2) is 23.1 Å². The number of piperidine rings is 1. The van der Waals surface area contributed by atoms with Crippen LogP contribution in [-0.2, 0) is 14.8 Å². The lowest BCUT2D eigenvalue weighted by Gasteiger charge is -2.30. The molecule has 7 nitrogen and oxygen atoms in total. The highest BCUT2D eigenvalue weighted by molar-refractivity contribution is 7.89. The molecule has 0 atom stereocenters. The van der Waals surface area contributed by atoms with Crippen molar-refractivity contribution in [2.45, 2.75) is 24.7 Å². The highest BCUT2D eigenvalue weighted by atomic mass is 35.5. The number of nitrogens with two attached hydrogens (primary N) is 1. The molecule has 1 aromatic carbocycles. The van der Waals surface area contributed by atoms with Crippen molar-refractivity contribution in [3.63, 3.8) is 0 Å². The molecule has 128 valence electrons. The largest absolute Gasteiger partial charge is 0.492 e. The Morgan fingerprint density at radius 1 is 1.43 bits per heavy atom. The molecule has 1 aliphatic rings. The minimum Gasteiger partial charge on any atom is -0.492 e. The number of sulfonamides is 1. The summed E-state index contributed by atoms with van der Waals surface area (Å²) in [7, 11) is -3.73. The Kier molecular flexibility index (Phi) is 5.85. The van der Waals surface area contributed by atoms with E-state index in [0.29, 0.717) is 24.5 Å². The summed E-state index contributed by atoms with van der Waals surface area (Å²) in [6.45, 7) is 2.63. The number of nitrogens with one attached hydrogen (secondary N) is 1. The summed E-state index contributed by atoms with van der Waals surface area (Å²) >= 11 is 5.94. The summed E-state index contributed by atoms with van der Waals surface area (Å²) in [5.41, 5.74) is 2.11. The Morgan fingerprint density at radius 3 is 2.65 bits per heavy atom. The predicted octanol–water partition coefficient (Wildman–Crippen LogP) is 1.13. The molecule has 1 aliphatic heterocycles.